The lowest BCUT2D eigenvalue weighted by Crippen LogP contribution is -2.37. The lowest BCUT2D eigenvalue weighted by atomic mass is 10.3. The minimum absolute atomic E-state index is 0.0518. The number of benzene rings is 2. The Morgan fingerprint density at radius 2 is 1.86 bits per heavy atom. The van der Waals surface area contributed by atoms with Crippen LogP contribution in [0.3, 0.4) is 0 Å². The Hall–Kier alpha value is -3.10. The standard InChI is InChI=1S/C21H20BrN3O4/c22-15-5-4-8-19(11-15)29-20-10-9-16(12-23-20)25-21(27)24-13-17(26)14-28-18-6-2-1-3-7-18/h1-12,17,26H,13-14H2,(H2,24,25,27)/t17-/m1/s1. The number of carbonyl (C=O) groups excluding carboxylic acids is 1. The van der Waals surface area contributed by atoms with Gasteiger partial charge < -0.3 is 25.2 Å². The van der Waals surface area contributed by atoms with E-state index in [1.54, 1.807) is 24.3 Å². The van der Waals surface area contributed by atoms with E-state index in [0.29, 0.717) is 23.1 Å². The zero-order valence-electron chi connectivity index (χ0n) is 15.4. The molecule has 1 aromatic heterocycles. The lowest BCUT2D eigenvalue weighted by molar-refractivity contribution is 0.108. The maximum Gasteiger partial charge on any atom is 0.319 e. The Balaban J connectivity index is 1.40. The van der Waals surface area contributed by atoms with Crippen LogP contribution in [-0.4, -0.2) is 35.4 Å². The number of aromatic nitrogens is 1. The highest BCUT2D eigenvalue weighted by molar-refractivity contribution is 9.10. The number of rotatable bonds is 8. The van der Waals surface area contributed by atoms with E-state index < -0.39 is 12.1 Å². The first kappa shape index (κ1) is 20.6. The van der Waals surface area contributed by atoms with Gasteiger partial charge in [0.2, 0.25) is 5.88 Å². The summed E-state index contributed by atoms with van der Waals surface area (Å²) in [5.41, 5.74) is 0.499. The van der Waals surface area contributed by atoms with E-state index in [9.17, 15) is 9.90 Å². The van der Waals surface area contributed by atoms with Gasteiger partial charge in [0.25, 0.3) is 0 Å². The number of carbonyl (C=O) groups is 1. The summed E-state index contributed by atoms with van der Waals surface area (Å²) in [6, 6.07) is 19.4. The Kier molecular flexibility index (Phi) is 7.43. The second-order valence-corrected chi connectivity index (χ2v) is 6.97. The van der Waals surface area contributed by atoms with Crippen molar-refractivity contribution in [1.29, 1.82) is 0 Å². The molecule has 0 aliphatic carbocycles. The number of aliphatic hydroxyl groups excluding tert-OH is 1. The van der Waals surface area contributed by atoms with Gasteiger partial charge >= 0.3 is 6.03 Å². The van der Waals surface area contributed by atoms with Gasteiger partial charge in [0, 0.05) is 17.1 Å². The van der Waals surface area contributed by atoms with E-state index in [1.807, 2.05) is 42.5 Å². The van der Waals surface area contributed by atoms with E-state index in [4.69, 9.17) is 9.47 Å². The molecule has 0 saturated heterocycles. The molecular weight excluding hydrogens is 438 g/mol. The summed E-state index contributed by atoms with van der Waals surface area (Å²) < 4.78 is 12.0. The average molecular weight is 458 g/mol. The topological polar surface area (TPSA) is 92.7 Å². The molecule has 0 radical (unpaired) electrons. The van der Waals surface area contributed by atoms with Crippen molar-refractivity contribution in [2.45, 2.75) is 6.10 Å². The third kappa shape index (κ3) is 7.10. The molecule has 2 aromatic carbocycles. The van der Waals surface area contributed by atoms with Crippen LogP contribution >= 0.6 is 15.9 Å². The molecule has 0 bridgehead atoms. The number of amides is 2. The number of ether oxygens (including phenoxy) is 2. The van der Waals surface area contributed by atoms with Crippen LogP contribution in [0.15, 0.2) is 77.4 Å². The molecule has 0 aliphatic heterocycles. The highest BCUT2D eigenvalue weighted by Gasteiger charge is 2.09. The molecule has 0 unspecified atom stereocenters. The molecule has 3 aromatic rings. The Morgan fingerprint density at radius 1 is 1.07 bits per heavy atom. The smallest absolute Gasteiger partial charge is 0.319 e. The van der Waals surface area contributed by atoms with Crippen LogP contribution < -0.4 is 20.1 Å². The SMILES string of the molecule is O=C(NC[C@@H](O)COc1ccccc1)Nc1ccc(Oc2cccc(Br)c2)nc1. The predicted octanol–water partition coefficient (Wildman–Crippen LogP) is 4.20. The van der Waals surface area contributed by atoms with Gasteiger partial charge in [-0.15, -0.1) is 0 Å². The van der Waals surface area contributed by atoms with Gasteiger partial charge in [-0.3, -0.25) is 0 Å². The molecule has 0 fully saturated rings. The van der Waals surface area contributed by atoms with Crippen molar-refractivity contribution in [2.75, 3.05) is 18.5 Å². The second-order valence-electron chi connectivity index (χ2n) is 6.06. The molecule has 1 atom stereocenters. The van der Waals surface area contributed by atoms with Crippen LogP contribution in [0.5, 0.6) is 17.4 Å². The van der Waals surface area contributed by atoms with E-state index in [2.05, 4.69) is 31.5 Å². The first-order valence-corrected chi connectivity index (χ1v) is 9.68. The number of pyridine rings is 1. The molecule has 2 amide bonds. The number of hydrogen-bond donors (Lipinski definition) is 3. The number of para-hydroxylation sites is 1. The minimum Gasteiger partial charge on any atom is -0.491 e. The fraction of sp³-hybridized carbons (Fsp3) is 0.143. The number of hydrogen-bond acceptors (Lipinski definition) is 5. The van der Waals surface area contributed by atoms with Crippen molar-refractivity contribution in [3.05, 3.63) is 77.4 Å². The Labute approximate surface area is 176 Å². The predicted molar refractivity (Wildman–Crippen MR) is 113 cm³/mol. The van der Waals surface area contributed by atoms with Crippen LogP contribution in [-0.2, 0) is 0 Å². The number of anilines is 1. The van der Waals surface area contributed by atoms with E-state index in [1.165, 1.54) is 6.20 Å². The molecule has 8 heteroatoms. The van der Waals surface area contributed by atoms with Gasteiger partial charge in [-0.1, -0.05) is 40.2 Å². The lowest BCUT2D eigenvalue weighted by Gasteiger charge is -2.14. The van der Waals surface area contributed by atoms with Gasteiger partial charge in [-0.2, -0.15) is 0 Å². The summed E-state index contributed by atoms with van der Waals surface area (Å²) in [6.45, 7) is 0.129. The highest BCUT2D eigenvalue weighted by atomic mass is 79.9. The Morgan fingerprint density at radius 3 is 2.59 bits per heavy atom. The Bertz CT molecular complexity index is 923. The molecule has 0 spiro atoms. The van der Waals surface area contributed by atoms with E-state index >= 15 is 0 Å². The molecule has 0 saturated carbocycles. The fourth-order valence-electron chi connectivity index (χ4n) is 2.32. The molecule has 29 heavy (non-hydrogen) atoms. The number of nitrogens with zero attached hydrogens (tertiary/aromatic N) is 1. The van der Waals surface area contributed by atoms with Gasteiger partial charge in [0.05, 0.1) is 11.9 Å². The van der Waals surface area contributed by atoms with Crippen molar-refractivity contribution in [3.63, 3.8) is 0 Å². The molecule has 3 rings (SSSR count). The van der Waals surface area contributed by atoms with E-state index in [0.717, 1.165) is 4.47 Å². The van der Waals surface area contributed by atoms with Gasteiger partial charge in [0.15, 0.2) is 0 Å². The highest BCUT2D eigenvalue weighted by Crippen LogP contribution is 2.23. The molecule has 3 N–H and O–H groups in total. The van der Waals surface area contributed by atoms with Crippen LogP contribution in [0.2, 0.25) is 0 Å². The summed E-state index contributed by atoms with van der Waals surface area (Å²) in [4.78, 5) is 16.1. The van der Waals surface area contributed by atoms with E-state index in [-0.39, 0.29) is 13.2 Å². The maximum absolute atomic E-state index is 12.0. The average Bonchev–Trinajstić information content (AvgIpc) is 2.73. The van der Waals surface area contributed by atoms with Crippen molar-refractivity contribution in [2.24, 2.45) is 0 Å². The maximum atomic E-state index is 12.0. The number of urea groups is 1. The minimum atomic E-state index is -0.833. The summed E-state index contributed by atoms with van der Waals surface area (Å²) in [5.74, 6) is 1.71. The zero-order valence-corrected chi connectivity index (χ0v) is 17.0. The zero-order chi connectivity index (χ0) is 20.5. The largest absolute Gasteiger partial charge is 0.491 e. The van der Waals surface area contributed by atoms with Crippen molar-refractivity contribution < 1.29 is 19.4 Å². The summed E-state index contributed by atoms with van der Waals surface area (Å²) >= 11 is 3.38. The van der Waals surface area contributed by atoms with Crippen molar-refractivity contribution in [3.8, 4) is 17.4 Å². The monoisotopic (exact) mass is 457 g/mol. The summed E-state index contributed by atoms with van der Waals surface area (Å²) in [5, 5.41) is 15.1. The van der Waals surface area contributed by atoms with Crippen molar-refractivity contribution >= 4 is 27.6 Å². The number of nitrogens with one attached hydrogen (secondary N) is 2. The first-order chi connectivity index (χ1) is 14.1. The number of halogens is 1. The van der Waals surface area contributed by atoms with Crippen molar-refractivity contribution in [1.82, 2.24) is 10.3 Å². The van der Waals surface area contributed by atoms with Crippen LogP contribution in [0.25, 0.3) is 0 Å². The second kappa shape index (κ2) is 10.4. The fourth-order valence-corrected chi connectivity index (χ4v) is 2.70. The van der Waals surface area contributed by atoms with Crippen LogP contribution in [0, 0.1) is 0 Å². The van der Waals surface area contributed by atoms with Crippen LogP contribution in [0.1, 0.15) is 0 Å². The third-order valence-electron chi connectivity index (χ3n) is 3.70. The molecule has 7 nitrogen and oxygen atoms in total. The normalized spacial score (nSPS) is 11.4. The van der Waals surface area contributed by atoms with Gasteiger partial charge in [-0.25, -0.2) is 9.78 Å². The molecular formula is C21H20BrN3O4. The van der Waals surface area contributed by atoms with Gasteiger partial charge in [0.1, 0.15) is 24.2 Å². The third-order valence-corrected chi connectivity index (χ3v) is 4.19. The molecule has 1 heterocycles. The number of aliphatic hydroxyl groups is 1. The summed E-state index contributed by atoms with van der Waals surface area (Å²) in [7, 11) is 0. The quantitative estimate of drug-likeness (QED) is 0.471. The summed E-state index contributed by atoms with van der Waals surface area (Å²) in [6.07, 6.45) is 0.655. The first-order valence-electron chi connectivity index (χ1n) is 8.89. The van der Waals surface area contributed by atoms with Crippen LogP contribution in [0.4, 0.5) is 10.5 Å². The molecule has 150 valence electrons. The van der Waals surface area contributed by atoms with Gasteiger partial charge in [-0.05, 0) is 36.4 Å². The molecule has 0 aliphatic rings.